The zero-order valence-corrected chi connectivity index (χ0v) is 13.9. The van der Waals surface area contributed by atoms with Gasteiger partial charge in [-0.25, -0.2) is 4.79 Å². The van der Waals surface area contributed by atoms with E-state index >= 15 is 0 Å². The SMILES string of the molecule is COC(=O)c1cc(OC)c(OCCN2CCCCC2)cc1[N+](=O)[O-]. The highest BCUT2D eigenvalue weighted by molar-refractivity contribution is 5.94. The number of hydrogen-bond donors (Lipinski definition) is 0. The molecule has 1 heterocycles. The molecule has 0 unspecified atom stereocenters. The Kier molecular flexibility index (Phi) is 6.36. The third-order valence-electron chi connectivity index (χ3n) is 4.00. The quantitative estimate of drug-likeness (QED) is 0.428. The summed E-state index contributed by atoms with van der Waals surface area (Å²) in [5.74, 6) is -0.284. The Morgan fingerprint density at radius 2 is 1.92 bits per heavy atom. The van der Waals surface area contributed by atoms with Gasteiger partial charge < -0.3 is 14.2 Å². The molecule has 0 spiro atoms. The number of nitrogens with zero attached hydrogens (tertiary/aromatic N) is 2. The predicted molar refractivity (Wildman–Crippen MR) is 86.8 cm³/mol. The maximum Gasteiger partial charge on any atom is 0.345 e. The average molecular weight is 338 g/mol. The Balaban J connectivity index is 2.14. The van der Waals surface area contributed by atoms with E-state index in [9.17, 15) is 14.9 Å². The second kappa shape index (κ2) is 8.49. The minimum Gasteiger partial charge on any atom is -0.493 e. The van der Waals surface area contributed by atoms with Crippen LogP contribution in [0.1, 0.15) is 29.6 Å². The molecular formula is C16H22N2O6. The molecule has 2 rings (SSSR count). The van der Waals surface area contributed by atoms with Crippen LogP contribution in [0.5, 0.6) is 11.5 Å². The van der Waals surface area contributed by atoms with Gasteiger partial charge in [-0.15, -0.1) is 0 Å². The Hall–Kier alpha value is -2.35. The van der Waals surface area contributed by atoms with Gasteiger partial charge in [0.05, 0.1) is 25.2 Å². The molecule has 1 fully saturated rings. The van der Waals surface area contributed by atoms with Gasteiger partial charge in [0.2, 0.25) is 0 Å². The number of esters is 1. The van der Waals surface area contributed by atoms with Crippen LogP contribution in [-0.4, -0.2) is 56.3 Å². The van der Waals surface area contributed by atoms with Crippen LogP contribution < -0.4 is 9.47 Å². The van der Waals surface area contributed by atoms with Crippen molar-refractivity contribution in [1.82, 2.24) is 4.90 Å². The number of likely N-dealkylation sites (tertiary alicyclic amines) is 1. The molecule has 1 aliphatic rings. The molecular weight excluding hydrogens is 316 g/mol. The summed E-state index contributed by atoms with van der Waals surface area (Å²) in [6, 6.07) is 2.49. The Labute approximate surface area is 140 Å². The number of nitro groups is 1. The van der Waals surface area contributed by atoms with E-state index in [2.05, 4.69) is 9.64 Å². The highest BCUT2D eigenvalue weighted by Gasteiger charge is 2.25. The molecule has 1 saturated heterocycles. The molecule has 0 aliphatic carbocycles. The molecule has 0 saturated carbocycles. The fraction of sp³-hybridized carbons (Fsp3) is 0.562. The number of hydrogen-bond acceptors (Lipinski definition) is 7. The van der Waals surface area contributed by atoms with Crippen LogP contribution in [0.15, 0.2) is 12.1 Å². The molecule has 8 heteroatoms. The molecule has 0 amide bonds. The van der Waals surface area contributed by atoms with Gasteiger partial charge in [0.15, 0.2) is 11.5 Å². The normalized spacial score (nSPS) is 14.9. The summed E-state index contributed by atoms with van der Waals surface area (Å²) in [4.78, 5) is 24.6. The molecule has 24 heavy (non-hydrogen) atoms. The monoisotopic (exact) mass is 338 g/mol. The van der Waals surface area contributed by atoms with Gasteiger partial charge in [0.1, 0.15) is 12.2 Å². The second-order valence-corrected chi connectivity index (χ2v) is 5.52. The van der Waals surface area contributed by atoms with Crippen molar-refractivity contribution in [1.29, 1.82) is 0 Å². The fourth-order valence-corrected chi connectivity index (χ4v) is 2.71. The number of carbonyl (C=O) groups is 1. The van der Waals surface area contributed by atoms with E-state index in [0.717, 1.165) is 19.6 Å². The van der Waals surface area contributed by atoms with Gasteiger partial charge in [0.25, 0.3) is 5.69 Å². The highest BCUT2D eigenvalue weighted by atomic mass is 16.6. The van der Waals surface area contributed by atoms with Crippen LogP contribution in [0.4, 0.5) is 5.69 Å². The van der Waals surface area contributed by atoms with Crippen molar-refractivity contribution in [2.24, 2.45) is 0 Å². The highest BCUT2D eigenvalue weighted by Crippen LogP contribution is 2.35. The van der Waals surface area contributed by atoms with Gasteiger partial charge in [-0.1, -0.05) is 6.42 Å². The van der Waals surface area contributed by atoms with E-state index in [0.29, 0.717) is 6.61 Å². The van der Waals surface area contributed by atoms with Crippen molar-refractivity contribution in [2.45, 2.75) is 19.3 Å². The lowest BCUT2D eigenvalue weighted by molar-refractivity contribution is -0.385. The number of piperidine rings is 1. The lowest BCUT2D eigenvalue weighted by Gasteiger charge is -2.26. The largest absolute Gasteiger partial charge is 0.493 e. The molecule has 0 bridgehead atoms. The number of ether oxygens (including phenoxy) is 3. The minimum atomic E-state index is -0.792. The predicted octanol–water partition coefficient (Wildman–Crippen LogP) is 2.25. The molecule has 132 valence electrons. The van der Waals surface area contributed by atoms with Crippen molar-refractivity contribution in [3.63, 3.8) is 0 Å². The van der Waals surface area contributed by atoms with Crippen molar-refractivity contribution < 1.29 is 23.9 Å². The molecule has 0 atom stereocenters. The topological polar surface area (TPSA) is 91.1 Å². The molecule has 0 N–H and O–H groups in total. The summed E-state index contributed by atoms with van der Waals surface area (Å²) in [7, 11) is 2.58. The van der Waals surface area contributed by atoms with Gasteiger partial charge in [-0.3, -0.25) is 15.0 Å². The van der Waals surface area contributed by atoms with E-state index < -0.39 is 10.9 Å². The minimum absolute atomic E-state index is 0.164. The van der Waals surface area contributed by atoms with Crippen LogP contribution in [0, 0.1) is 10.1 Å². The van der Waals surface area contributed by atoms with E-state index in [-0.39, 0.29) is 22.7 Å². The molecule has 1 aromatic rings. The molecule has 0 aromatic heterocycles. The maximum absolute atomic E-state index is 11.7. The molecule has 8 nitrogen and oxygen atoms in total. The van der Waals surface area contributed by atoms with Crippen molar-refractivity contribution in [3.05, 3.63) is 27.8 Å². The molecule has 1 aromatic carbocycles. The average Bonchev–Trinajstić information content (AvgIpc) is 2.61. The fourth-order valence-electron chi connectivity index (χ4n) is 2.71. The Bertz CT molecular complexity index is 598. The number of benzene rings is 1. The summed E-state index contributed by atoms with van der Waals surface area (Å²) in [5, 5.41) is 11.2. The van der Waals surface area contributed by atoms with Crippen LogP contribution in [0.2, 0.25) is 0 Å². The number of carbonyl (C=O) groups excluding carboxylic acids is 1. The zero-order valence-electron chi connectivity index (χ0n) is 13.9. The van der Waals surface area contributed by atoms with E-state index in [4.69, 9.17) is 9.47 Å². The second-order valence-electron chi connectivity index (χ2n) is 5.52. The number of nitro benzene ring substituents is 1. The third-order valence-corrected chi connectivity index (χ3v) is 4.00. The summed E-state index contributed by atoms with van der Waals surface area (Å²) in [6.07, 6.45) is 3.62. The van der Waals surface area contributed by atoms with Gasteiger partial charge in [-0.05, 0) is 25.9 Å². The lowest BCUT2D eigenvalue weighted by atomic mass is 10.1. The van der Waals surface area contributed by atoms with Crippen molar-refractivity contribution >= 4 is 11.7 Å². The summed E-state index contributed by atoms with van der Waals surface area (Å²) in [6.45, 7) is 3.23. The van der Waals surface area contributed by atoms with Crippen LogP contribution in [0.25, 0.3) is 0 Å². The van der Waals surface area contributed by atoms with E-state index in [1.807, 2.05) is 0 Å². The smallest absolute Gasteiger partial charge is 0.345 e. The third kappa shape index (κ3) is 4.35. The first-order chi connectivity index (χ1) is 11.6. The van der Waals surface area contributed by atoms with E-state index in [1.54, 1.807) is 0 Å². The van der Waals surface area contributed by atoms with Gasteiger partial charge >= 0.3 is 5.97 Å². The standard InChI is InChI=1S/C16H22N2O6/c1-22-14-10-12(16(19)23-2)13(18(20)21)11-15(14)24-9-8-17-6-4-3-5-7-17/h10-11H,3-9H2,1-2H3. The summed E-state index contributed by atoms with van der Waals surface area (Å²) < 4.78 is 15.4. The Morgan fingerprint density at radius 1 is 1.21 bits per heavy atom. The van der Waals surface area contributed by atoms with Crippen LogP contribution in [-0.2, 0) is 4.74 Å². The van der Waals surface area contributed by atoms with Gasteiger partial charge in [-0.2, -0.15) is 0 Å². The van der Waals surface area contributed by atoms with Crippen molar-refractivity contribution in [3.8, 4) is 11.5 Å². The van der Waals surface area contributed by atoms with Crippen molar-refractivity contribution in [2.75, 3.05) is 40.5 Å². The summed E-state index contributed by atoms with van der Waals surface area (Å²) in [5.41, 5.74) is -0.529. The first kappa shape index (κ1) is 18.0. The van der Waals surface area contributed by atoms with Crippen LogP contribution in [0.3, 0.4) is 0 Å². The number of rotatable bonds is 7. The maximum atomic E-state index is 11.7. The van der Waals surface area contributed by atoms with Crippen LogP contribution >= 0.6 is 0 Å². The Morgan fingerprint density at radius 3 is 2.50 bits per heavy atom. The van der Waals surface area contributed by atoms with Gasteiger partial charge in [0, 0.05) is 12.6 Å². The van der Waals surface area contributed by atoms with E-state index in [1.165, 1.54) is 45.6 Å². The lowest BCUT2D eigenvalue weighted by Crippen LogP contribution is -2.33. The molecule has 1 aliphatic heterocycles. The summed E-state index contributed by atoms with van der Waals surface area (Å²) >= 11 is 0. The molecule has 0 radical (unpaired) electrons. The first-order valence-corrected chi connectivity index (χ1v) is 7.86. The first-order valence-electron chi connectivity index (χ1n) is 7.86. The number of methoxy groups -OCH3 is 2. The zero-order chi connectivity index (χ0) is 17.5.